The molecule has 3 heteroatoms. The molecule has 0 bridgehead atoms. The molecule has 0 unspecified atom stereocenters. The molecule has 57 heavy (non-hydrogen) atoms. The molecule has 0 atom stereocenters. The molecule has 0 saturated heterocycles. The summed E-state index contributed by atoms with van der Waals surface area (Å²) >= 11 is 0. The van der Waals surface area contributed by atoms with Gasteiger partial charge in [-0.25, -0.2) is 4.98 Å². The summed E-state index contributed by atoms with van der Waals surface area (Å²) in [7, 11) is 0. The predicted octanol–water partition coefficient (Wildman–Crippen LogP) is 14.3. The maximum atomic E-state index is 5.30. The van der Waals surface area contributed by atoms with Gasteiger partial charge in [-0.15, -0.1) is 0 Å². The molecule has 12 aromatic rings. The summed E-state index contributed by atoms with van der Waals surface area (Å²) in [5, 5.41) is 12.1. The monoisotopic (exact) mass is 723 g/mol. The van der Waals surface area contributed by atoms with Crippen molar-refractivity contribution in [2.45, 2.75) is 0 Å². The van der Waals surface area contributed by atoms with Crippen LogP contribution in [0.1, 0.15) is 0 Å². The lowest BCUT2D eigenvalue weighted by Crippen LogP contribution is -1.96. The Morgan fingerprint density at radius 2 is 0.772 bits per heavy atom. The summed E-state index contributed by atoms with van der Waals surface area (Å²) in [5.74, 6) is 0. The van der Waals surface area contributed by atoms with Gasteiger partial charge in [0.2, 0.25) is 0 Å². The van der Waals surface area contributed by atoms with E-state index in [2.05, 4.69) is 199 Å². The Morgan fingerprint density at radius 1 is 0.316 bits per heavy atom. The van der Waals surface area contributed by atoms with Gasteiger partial charge in [-0.1, -0.05) is 170 Å². The van der Waals surface area contributed by atoms with Crippen molar-refractivity contribution in [2.24, 2.45) is 0 Å². The molecule has 2 heterocycles. The van der Waals surface area contributed by atoms with E-state index in [1.807, 2.05) is 6.20 Å². The fraction of sp³-hybridized carbons (Fsp3) is 0. The highest BCUT2D eigenvalue weighted by Crippen LogP contribution is 2.42. The van der Waals surface area contributed by atoms with Crippen LogP contribution < -0.4 is 0 Å². The fourth-order valence-corrected chi connectivity index (χ4v) is 9.29. The van der Waals surface area contributed by atoms with Crippen LogP contribution in [0.15, 0.2) is 200 Å². The first kappa shape index (κ1) is 31.7. The van der Waals surface area contributed by atoms with Crippen LogP contribution in [0.2, 0.25) is 0 Å². The molecular weight excluding hydrogens is 691 g/mol. The van der Waals surface area contributed by atoms with Crippen molar-refractivity contribution < 1.29 is 0 Å². The van der Waals surface area contributed by atoms with Crippen LogP contribution in [0.4, 0.5) is 0 Å². The van der Waals surface area contributed by atoms with Crippen LogP contribution in [0, 0.1) is 0 Å². The molecule has 3 nitrogen and oxygen atoms in total. The number of rotatable bonds is 4. The lowest BCUT2D eigenvalue weighted by atomic mass is 9.89. The largest absolute Gasteiger partial charge is 0.309 e. The van der Waals surface area contributed by atoms with E-state index in [9.17, 15) is 0 Å². The molecular formula is C54H33N3. The first-order valence-corrected chi connectivity index (χ1v) is 19.5. The van der Waals surface area contributed by atoms with Crippen LogP contribution in [0.5, 0.6) is 0 Å². The second-order valence-corrected chi connectivity index (χ2v) is 14.9. The van der Waals surface area contributed by atoms with E-state index < -0.39 is 0 Å². The molecule has 0 N–H and O–H groups in total. The van der Waals surface area contributed by atoms with Gasteiger partial charge in [0, 0.05) is 32.5 Å². The third-order valence-corrected chi connectivity index (χ3v) is 11.8. The van der Waals surface area contributed by atoms with Crippen molar-refractivity contribution >= 4 is 75.9 Å². The van der Waals surface area contributed by atoms with Crippen molar-refractivity contribution in [3.63, 3.8) is 0 Å². The minimum atomic E-state index is 0.862. The maximum absolute atomic E-state index is 5.30. The summed E-state index contributed by atoms with van der Waals surface area (Å²) in [6, 6.07) is 70.1. The topological polar surface area (TPSA) is 30.7 Å². The second kappa shape index (κ2) is 12.5. The van der Waals surface area contributed by atoms with E-state index in [1.54, 1.807) is 0 Å². The third kappa shape index (κ3) is 4.79. The van der Waals surface area contributed by atoms with Gasteiger partial charge in [0.1, 0.15) is 0 Å². The van der Waals surface area contributed by atoms with Gasteiger partial charge < -0.3 is 4.57 Å². The Labute approximate surface area is 328 Å². The second-order valence-electron chi connectivity index (χ2n) is 14.9. The van der Waals surface area contributed by atoms with E-state index in [0.717, 1.165) is 38.6 Å². The number of para-hydroxylation sites is 2. The van der Waals surface area contributed by atoms with Crippen LogP contribution in [-0.2, 0) is 0 Å². The number of benzene rings is 10. The Balaban J connectivity index is 1.00. The van der Waals surface area contributed by atoms with Gasteiger partial charge in [0.15, 0.2) is 0 Å². The molecule has 12 rings (SSSR count). The maximum Gasteiger partial charge on any atom is 0.0979 e. The molecule has 264 valence electrons. The van der Waals surface area contributed by atoms with Crippen molar-refractivity contribution in [1.29, 1.82) is 0 Å². The minimum Gasteiger partial charge on any atom is -0.309 e. The molecule has 0 saturated carbocycles. The Hall–Kier alpha value is -7.62. The molecule has 10 aromatic carbocycles. The highest BCUT2D eigenvalue weighted by molar-refractivity contribution is 6.23. The summed E-state index contributed by atoms with van der Waals surface area (Å²) in [6.45, 7) is 0. The molecule has 0 aliphatic carbocycles. The standard InChI is InChI=1S/C54H33N3/c1-2-17-38-37(16-1)36(34-14-13-15-35(32-34)49-33-55-53-47-24-7-4-19-40(47)41-20-5-8-25-48(41)54(53)56-49)28-29-42(38)43-30-31-52(44-21-6-3-18-39(43)44)57-50-26-11-9-22-45(50)46-23-10-12-27-51(46)57/h1-33H. The van der Waals surface area contributed by atoms with Gasteiger partial charge in [-0.3, -0.25) is 4.98 Å². The van der Waals surface area contributed by atoms with E-state index in [-0.39, 0.29) is 0 Å². The third-order valence-electron chi connectivity index (χ3n) is 11.8. The van der Waals surface area contributed by atoms with Crippen molar-refractivity contribution in [2.75, 3.05) is 0 Å². The average molecular weight is 724 g/mol. The normalized spacial score (nSPS) is 11.9. The van der Waals surface area contributed by atoms with Crippen LogP contribution >= 0.6 is 0 Å². The zero-order valence-electron chi connectivity index (χ0n) is 30.9. The quantitative estimate of drug-likeness (QED) is 0.169. The lowest BCUT2D eigenvalue weighted by molar-refractivity contribution is 1.20. The predicted molar refractivity (Wildman–Crippen MR) is 240 cm³/mol. The summed E-state index contributed by atoms with van der Waals surface area (Å²) in [4.78, 5) is 10.3. The van der Waals surface area contributed by atoms with E-state index in [1.165, 1.54) is 76.5 Å². The molecule has 0 fully saturated rings. The molecule has 0 amide bonds. The minimum absolute atomic E-state index is 0.862. The van der Waals surface area contributed by atoms with Crippen LogP contribution in [0.25, 0.3) is 115 Å². The smallest absolute Gasteiger partial charge is 0.0979 e. The van der Waals surface area contributed by atoms with Gasteiger partial charge in [-0.05, 0) is 73.5 Å². The highest BCUT2D eigenvalue weighted by atomic mass is 15.0. The van der Waals surface area contributed by atoms with Crippen molar-refractivity contribution in [3.05, 3.63) is 200 Å². The SMILES string of the molecule is c1cc(-c2cnc3c4ccccc4c4ccccc4c3n2)cc(-c2ccc(-c3ccc(-n4c5ccccc5c5ccccc54)c4ccccc34)c3ccccc23)c1. The molecule has 0 aliphatic heterocycles. The Morgan fingerprint density at radius 3 is 1.42 bits per heavy atom. The van der Waals surface area contributed by atoms with Gasteiger partial charge in [0.05, 0.1) is 39.6 Å². The molecule has 0 aliphatic rings. The van der Waals surface area contributed by atoms with E-state index >= 15 is 0 Å². The molecule has 0 radical (unpaired) electrons. The van der Waals surface area contributed by atoms with Crippen LogP contribution in [0.3, 0.4) is 0 Å². The first-order valence-electron chi connectivity index (χ1n) is 19.5. The van der Waals surface area contributed by atoms with Gasteiger partial charge >= 0.3 is 0 Å². The zero-order chi connectivity index (χ0) is 37.5. The van der Waals surface area contributed by atoms with Crippen molar-refractivity contribution in [3.8, 4) is 39.2 Å². The van der Waals surface area contributed by atoms with Gasteiger partial charge in [0.25, 0.3) is 0 Å². The molecule has 0 spiro atoms. The van der Waals surface area contributed by atoms with Crippen LogP contribution in [-0.4, -0.2) is 14.5 Å². The van der Waals surface area contributed by atoms with E-state index in [4.69, 9.17) is 9.97 Å². The van der Waals surface area contributed by atoms with Gasteiger partial charge in [-0.2, -0.15) is 0 Å². The van der Waals surface area contributed by atoms with Crippen molar-refractivity contribution in [1.82, 2.24) is 14.5 Å². The van der Waals surface area contributed by atoms with E-state index in [0.29, 0.717) is 0 Å². The number of fused-ring (bicyclic) bond motifs is 11. The number of hydrogen-bond donors (Lipinski definition) is 0. The summed E-state index contributed by atoms with van der Waals surface area (Å²) < 4.78 is 2.43. The zero-order valence-corrected chi connectivity index (χ0v) is 30.9. The Kier molecular flexibility index (Phi) is 6.93. The number of aromatic nitrogens is 3. The lowest BCUT2D eigenvalue weighted by Gasteiger charge is -2.17. The summed E-state index contributed by atoms with van der Waals surface area (Å²) in [6.07, 6.45) is 1.93. The first-order chi connectivity index (χ1) is 28.3. The Bertz CT molecular complexity index is 3510. The fourth-order valence-electron chi connectivity index (χ4n) is 9.29. The highest BCUT2D eigenvalue weighted by Gasteiger charge is 2.18. The molecule has 2 aromatic heterocycles. The average Bonchev–Trinajstić information content (AvgIpc) is 3.62. The number of hydrogen-bond acceptors (Lipinski definition) is 2. The number of nitrogens with zero attached hydrogens (tertiary/aromatic N) is 3. The summed E-state index contributed by atoms with van der Waals surface area (Å²) in [5.41, 5.74) is 12.1.